The van der Waals surface area contributed by atoms with E-state index in [9.17, 15) is 12.6 Å². The monoisotopic (exact) mass is 206 g/mol. The van der Waals surface area contributed by atoms with Gasteiger partial charge in [-0.1, -0.05) is 0 Å². The minimum atomic E-state index is -4.48. The molecule has 1 unspecified atom stereocenters. The lowest BCUT2D eigenvalue weighted by molar-refractivity contribution is 0.202. The average molecular weight is 206 g/mol. The minimum Gasteiger partial charge on any atom is -0.284 e. The molecule has 0 aromatic rings. The van der Waals surface area contributed by atoms with Gasteiger partial charge in [-0.05, 0) is 0 Å². The Hall–Kier alpha value is -0.0600. The Labute approximate surface area is 65.8 Å². The van der Waals surface area contributed by atoms with Gasteiger partial charge in [0.1, 0.15) is 0 Å². The van der Waals surface area contributed by atoms with E-state index in [2.05, 4.69) is 8.37 Å². The normalized spacial score (nSPS) is 14.7. The van der Waals surface area contributed by atoms with Crippen molar-refractivity contribution in [1.82, 2.24) is 0 Å². The Morgan fingerprint density at radius 2 is 1.91 bits per heavy atom. The highest BCUT2D eigenvalue weighted by molar-refractivity contribution is 7.80. The summed E-state index contributed by atoms with van der Waals surface area (Å²) in [5.74, 6) is 0. The topological polar surface area (TPSA) is 110 Å². The van der Waals surface area contributed by atoms with Crippen LogP contribution in [0, 0.1) is 0 Å². The van der Waals surface area contributed by atoms with Gasteiger partial charge in [0.05, 0.1) is 13.2 Å². The fourth-order valence-corrected chi connectivity index (χ4v) is 0.734. The second kappa shape index (κ2) is 4.74. The highest BCUT2D eigenvalue weighted by atomic mass is 32.3. The van der Waals surface area contributed by atoms with Gasteiger partial charge in [-0.25, -0.2) is 4.18 Å². The highest BCUT2D eigenvalue weighted by Crippen LogP contribution is 1.86. The van der Waals surface area contributed by atoms with E-state index in [1.165, 1.54) is 0 Å². The molecule has 0 saturated carbocycles. The van der Waals surface area contributed by atoms with Crippen molar-refractivity contribution in [3.63, 3.8) is 0 Å². The van der Waals surface area contributed by atoms with Crippen molar-refractivity contribution in [2.75, 3.05) is 13.2 Å². The molecule has 2 N–H and O–H groups in total. The molecular formula is C2H6O7S2. The van der Waals surface area contributed by atoms with Gasteiger partial charge in [-0.2, -0.15) is 12.6 Å². The zero-order valence-corrected chi connectivity index (χ0v) is 6.80. The van der Waals surface area contributed by atoms with Gasteiger partial charge >= 0.3 is 21.8 Å². The Morgan fingerprint density at radius 3 is 2.27 bits per heavy atom. The molecule has 0 aromatic carbocycles. The molecule has 0 aromatic heterocycles. The van der Waals surface area contributed by atoms with Gasteiger partial charge in [0.15, 0.2) is 0 Å². The van der Waals surface area contributed by atoms with Crippen molar-refractivity contribution >= 4 is 21.8 Å². The Kier molecular flexibility index (Phi) is 4.72. The van der Waals surface area contributed by atoms with E-state index < -0.39 is 35.0 Å². The van der Waals surface area contributed by atoms with Crippen LogP contribution in [0.5, 0.6) is 0 Å². The maximum atomic E-state index is 9.82. The van der Waals surface area contributed by atoms with Crippen LogP contribution in [-0.2, 0) is 30.1 Å². The lowest BCUT2D eigenvalue weighted by Gasteiger charge is -1.97. The molecule has 0 spiro atoms. The molecule has 0 aliphatic heterocycles. The van der Waals surface area contributed by atoms with Gasteiger partial charge < -0.3 is 0 Å². The first-order valence-corrected chi connectivity index (χ1v) is 4.67. The highest BCUT2D eigenvalue weighted by Gasteiger charge is 2.03. The summed E-state index contributed by atoms with van der Waals surface area (Å²) in [5.41, 5.74) is 0. The Morgan fingerprint density at radius 1 is 1.36 bits per heavy atom. The SMILES string of the molecule is O=S(O)OCCOS(=O)(=O)O. The molecule has 0 fully saturated rings. The molecule has 0 amide bonds. The van der Waals surface area contributed by atoms with Gasteiger partial charge in [0.25, 0.3) is 0 Å². The molecule has 0 rings (SSSR count). The summed E-state index contributed by atoms with van der Waals surface area (Å²) >= 11 is -2.45. The van der Waals surface area contributed by atoms with Crippen LogP contribution in [0.2, 0.25) is 0 Å². The maximum absolute atomic E-state index is 9.82. The van der Waals surface area contributed by atoms with Crippen LogP contribution < -0.4 is 0 Å². The summed E-state index contributed by atoms with van der Waals surface area (Å²) in [7, 11) is -4.48. The van der Waals surface area contributed by atoms with Crippen LogP contribution in [0.3, 0.4) is 0 Å². The molecule has 0 radical (unpaired) electrons. The zero-order chi connectivity index (χ0) is 8.91. The molecule has 0 heterocycles. The van der Waals surface area contributed by atoms with Crippen molar-refractivity contribution in [3.05, 3.63) is 0 Å². The largest absolute Gasteiger partial charge is 0.397 e. The quantitative estimate of drug-likeness (QED) is 0.335. The first-order chi connectivity index (χ1) is 4.92. The molecule has 9 heteroatoms. The molecule has 11 heavy (non-hydrogen) atoms. The summed E-state index contributed by atoms with van der Waals surface area (Å²) in [6, 6.07) is 0. The number of hydrogen-bond acceptors (Lipinski definition) is 5. The van der Waals surface area contributed by atoms with Crippen LogP contribution in [0.25, 0.3) is 0 Å². The third-order valence-corrected chi connectivity index (χ3v) is 1.33. The Bertz CT molecular complexity index is 217. The van der Waals surface area contributed by atoms with Crippen LogP contribution in [0.1, 0.15) is 0 Å². The molecule has 7 nitrogen and oxygen atoms in total. The summed E-state index contributed by atoms with van der Waals surface area (Å²) in [5, 5.41) is 0. The fraction of sp³-hybridized carbons (Fsp3) is 1.00. The minimum absolute atomic E-state index is 0.400. The fourth-order valence-electron chi connectivity index (χ4n) is 0.245. The summed E-state index contributed by atoms with van der Waals surface area (Å²) in [6.45, 7) is -0.909. The van der Waals surface area contributed by atoms with Crippen molar-refractivity contribution in [2.24, 2.45) is 0 Å². The van der Waals surface area contributed by atoms with E-state index in [-0.39, 0.29) is 0 Å². The lowest BCUT2D eigenvalue weighted by atomic mass is 10.8. The van der Waals surface area contributed by atoms with Crippen LogP contribution in [0.4, 0.5) is 0 Å². The van der Waals surface area contributed by atoms with E-state index >= 15 is 0 Å². The second-order valence-electron chi connectivity index (χ2n) is 1.29. The van der Waals surface area contributed by atoms with Crippen molar-refractivity contribution < 1.29 is 30.1 Å². The molecule has 68 valence electrons. The molecule has 1 atom stereocenters. The van der Waals surface area contributed by atoms with E-state index in [4.69, 9.17) is 9.11 Å². The molecule has 0 aliphatic rings. The van der Waals surface area contributed by atoms with E-state index in [1.54, 1.807) is 0 Å². The standard InChI is InChI=1S/C2H6O7S2/c3-10(4)8-1-2-9-11(5,6)7/h1-2H2,(H,3,4)(H,5,6,7). The van der Waals surface area contributed by atoms with Crippen molar-refractivity contribution in [3.8, 4) is 0 Å². The lowest BCUT2D eigenvalue weighted by Crippen LogP contribution is -2.10. The third kappa shape index (κ3) is 9.94. The summed E-state index contributed by atoms with van der Waals surface area (Å²) in [6.07, 6.45) is 0. The van der Waals surface area contributed by atoms with Gasteiger partial charge in [-0.3, -0.25) is 13.3 Å². The van der Waals surface area contributed by atoms with E-state index in [1.807, 2.05) is 0 Å². The maximum Gasteiger partial charge on any atom is 0.397 e. The van der Waals surface area contributed by atoms with E-state index in [0.717, 1.165) is 0 Å². The van der Waals surface area contributed by atoms with Gasteiger partial charge in [0.2, 0.25) is 0 Å². The molecule has 0 bridgehead atoms. The van der Waals surface area contributed by atoms with E-state index in [0.29, 0.717) is 0 Å². The van der Waals surface area contributed by atoms with Crippen LogP contribution in [-0.4, -0.2) is 34.9 Å². The summed E-state index contributed by atoms with van der Waals surface area (Å²) in [4.78, 5) is 0. The van der Waals surface area contributed by atoms with Gasteiger partial charge in [-0.15, -0.1) is 0 Å². The van der Waals surface area contributed by atoms with Crippen LogP contribution >= 0.6 is 0 Å². The first-order valence-electron chi connectivity index (χ1n) is 2.28. The van der Waals surface area contributed by atoms with Gasteiger partial charge in [0, 0.05) is 0 Å². The zero-order valence-electron chi connectivity index (χ0n) is 5.17. The second-order valence-corrected chi connectivity index (χ2v) is 3.05. The predicted molar refractivity (Wildman–Crippen MR) is 34.2 cm³/mol. The smallest absolute Gasteiger partial charge is 0.284 e. The number of hydrogen-bond donors (Lipinski definition) is 2. The van der Waals surface area contributed by atoms with Crippen molar-refractivity contribution in [1.29, 1.82) is 0 Å². The molecule has 0 aliphatic carbocycles. The summed E-state index contributed by atoms with van der Waals surface area (Å²) < 4.78 is 53.0. The third-order valence-electron chi connectivity index (χ3n) is 0.500. The molecule has 0 saturated heterocycles. The predicted octanol–water partition coefficient (Wildman–Crippen LogP) is -1.04. The van der Waals surface area contributed by atoms with Crippen LogP contribution in [0.15, 0.2) is 0 Å². The average Bonchev–Trinajstić information content (AvgIpc) is 1.78. The molecular weight excluding hydrogens is 200 g/mol. The number of rotatable bonds is 5. The first kappa shape index (κ1) is 10.9. The Balaban J connectivity index is 3.37. The van der Waals surface area contributed by atoms with Crippen molar-refractivity contribution in [2.45, 2.75) is 0 Å².